The zero-order valence-electron chi connectivity index (χ0n) is 20.4. The molecular formula is C27H40O3. The maximum atomic E-state index is 12.9. The number of hydrogen-bond acceptors (Lipinski definition) is 3. The van der Waals surface area contributed by atoms with Crippen molar-refractivity contribution >= 4 is 5.97 Å². The van der Waals surface area contributed by atoms with Crippen LogP contribution in [0.15, 0.2) is 23.8 Å². The number of benzene rings is 1. The molecule has 3 heteroatoms. The average molecular weight is 413 g/mol. The molecule has 0 N–H and O–H groups in total. The molecule has 0 radical (unpaired) electrons. The van der Waals surface area contributed by atoms with Gasteiger partial charge in [-0.2, -0.15) is 0 Å². The van der Waals surface area contributed by atoms with Gasteiger partial charge in [0.2, 0.25) is 0 Å². The van der Waals surface area contributed by atoms with Crippen molar-refractivity contribution < 1.29 is 14.3 Å². The highest BCUT2D eigenvalue weighted by atomic mass is 16.5. The molecule has 0 unspecified atom stereocenters. The SMILES string of the molecule is CCCC(C)(C)c1cc(OC(=O)C(C)(C)C)c2c(c1)OC(C)(C)[C@@H]1CC=C(C)C[C@@H]21. The van der Waals surface area contributed by atoms with Gasteiger partial charge in [-0.15, -0.1) is 0 Å². The van der Waals surface area contributed by atoms with E-state index in [1.807, 2.05) is 20.8 Å². The van der Waals surface area contributed by atoms with Gasteiger partial charge in [0.25, 0.3) is 0 Å². The minimum absolute atomic E-state index is 0.0145. The molecular weight excluding hydrogens is 372 g/mol. The van der Waals surface area contributed by atoms with Gasteiger partial charge < -0.3 is 9.47 Å². The molecule has 30 heavy (non-hydrogen) atoms. The molecule has 1 aromatic carbocycles. The molecule has 3 nitrogen and oxygen atoms in total. The van der Waals surface area contributed by atoms with Crippen molar-refractivity contribution in [2.45, 2.75) is 105 Å². The van der Waals surface area contributed by atoms with Crippen LogP contribution in [0.3, 0.4) is 0 Å². The summed E-state index contributed by atoms with van der Waals surface area (Å²) < 4.78 is 12.7. The Balaban J connectivity index is 2.19. The number of carbonyl (C=O) groups excluding carboxylic acids is 1. The Labute approximate surface area is 183 Å². The molecule has 0 amide bonds. The molecule has 2 aliphatic rings. The summed E-state index contributed by atoms with van der Waals surface area (Å²) in [4.78, 5) is 12.9. The molecule has 0 fully saturated rings. The van der Waals surface area contributed by atoms with E-state index in [0.29, 0.717) is 17.6 Å². The lowest BCUT2D eigenvalue weighted by atomic mass is 9.66. The second-order valence-electron chi connectivity index (χ2n) is 11.6. The van der Waals surface area contributed by atoms with Crippen molar-refractivity contribution in [3.63, 3.8) is 0 Å². The van der Waals surface area contributed by atoms with Crippen LogP contribution < -0.4 is 9.47 Å². The summed E-state index contributed by atoms with van der Waals surface area (Å²) in [6, 6.07) is 4.33. The Morgan fingerprint density at radius 2 is 1.87 bits per heavy atom. The van der Waals surface area contributed by atoms with E-state index in [1.54, 1.807) is 0 Å². The number of ether oxygens (including phenoxy) is 2. The van der Waals surface area contributed by atoms with Gasteiger partial charge in [0.15, 0.2) is 0 Å². The van der Waals surface area contributed by atoms with E-state index in [1.165, 1.54) is 11.1 Å². The van der Waals surface area contributed by atoms with Gasteiger partial charge in [0.1, 0.15) is 17.1 Å². The minimum Gasteiger partial charge on any atom is -0.487 e. The van der Waals surface area contributed by atoms with Crippen LogP contribution in [0.1, 0.15) is 105 Å². The van der Waals surface area contributed by atoms with Crippen molar-refractivity contribution in [1.29, 1.82) is 0 Å². The van der Waals surface area contributed by atoms with Crippen LogP contribution in [0.4, 0.5) is 0 Å². The van der Waals surface area contributed by atoms with Crippen molar-refractivity contribution in [2.75, 3.05) is 0 Å². The smallest absolute Gasteiger partial charge is 0.316 e. The summed E-state index contributed by atoms with van der Waals surface area (Å²) in [5.41, 5.74) is 2.84. The van der Waals surface area contributed by atoms with Crippen LogP contribution in [0.2, 0.25) is 0 Å². The van der Waals surface area contributed by atoms with Crippen molar-refractivity contribution in [3.05, 3.63) is 34.9 Å². The summed E-state index contributed by atoms with van der Waals surface area (Å²) in [5, 5.41) is 0. The third kappa shape index (κ3) is 4.31. The van der Waals surface area contributed by atoms with Gasteiger partial charge in [-0.3, -0.25) is 4.79 Å². The van der Waals surface area contributed by atoms with E-state index in [9.17, 15) is 4.79 Å². The van der Waals surface area contributed by atoms with Crippen LogP contribution >= 0.6 is 0 Å². The van der Waals surface area contributed by atoms with Crippen molar-refractivity contribution in [2.24, 2.45) is 11.3 Å². The molecule has 0 aromatic heterocycles. The quantitative estimate of drug-likeness (QED) is 0.295. The highest BCUT2D eigenvalue weighted by Gasteiger charge is 2.46. The Hall–Kier alpha value is -1.77. The summed E-state index contributed by atoms with van der Waals surface area (Å²) >= 11 is 0. The highest BCUT2D eigenvalue weighted by Crippen LogP contribution is 2.55. The Morgan fingerprint density at radius 1 is 1.20 bits per heavy atom. The van der Waals surface area contributed by atoms with Crippen LogP contribution in [0.5, 0.6) is 11.5 Å². The molecule has 1 heterocycles. The second-order valence-corrected chi connectivity index (χ2v) is 11.6. The van der Waals surface area contributed by atoms with Gasteiger partial charge >= 0.3 is 5.97 Å². The average Bonchev–Trinajstić information content (AvgIpc) is 2.59. The van der Waals surface area contributed by atoms with Gasteiger partial charge in [-0.05, 0) is 83.9 Å². The molecule has 2 atom stereocenters. The molecule has 3 rings (SSSR count). The maximum absolute atomic E-state index is 12.9. The van der Waals surface area contributed by atoms with E-state index in [2.05, 4.69) is 59.8 Å². The topological polar surface area (TPSA) is 35.5 Å². The zero-order valence-corrected chi connectivity index (χ0v) is 20.4. The van der Waals surface area contributed by atoms with Crippen LogP contribution in [-0.4, -0.2) is 11.6 Å². The summed E-state index contributed by atoms with van der Waals surface area (Å²) in [6.07, 6.45) is 6.50. The molecule has 0 spiro atoms. The third-order valence-corrected chi connectivity index (χ3v) is 6.96. The highest BCUT2D eigenvalue weighted by molar-refractivity contribution is 5.78. The van der Waals surface area contributed by atoms with Gasteiger partial charge in [0.05, 0.1) is 5.41 Å². The zero-order chi connectivity index (χ0) is 22.5. The number of allylic oxidation sites excluding steroid dienone is 2. The Kier molecular flexibility index (Phi) is 5.90. The minimum atomic E-state index is -0.557. The molecule has 0 saturated carbocycles. The van der Waals surface area contributed by atoms with Gasteiger partial charge in [-0.25, -0.2) is 0 Å². The summed E-state index contributed by atoms with van der Waals surface area (Å²) in [5.74, 6) is 2.08. The van der Waals surface area contributed by atoms with E-state index < -0.39 is 5.41 Å². The second kappa shape index (κ2) is 7.73. The largest absolute Gasteiger partial charge is 0.487 e. The predicted octanol–water partition coefficient (Wildman–Crippen LogP) is 7.33. The first kappa shape index (κ1) is 22.9. The molecule has 0 bridgehead atoms. The van der Waals surface area contributed by atoms with E-state index in [4.69, 9.17) is 9.47 Å². The summed E-state index contributed by atoms with van der Waals surface area (Å²) in [7, 11) is 0. The number of hydrogen-bond donors (Lipinski definition) is 0. The number of fused-ring (bicyclic) bond motifs is 3. The predicted molar refractivity (Wildman–Crippen MR) is 123 cm³/mol. The lowest BCUT2D eigenvalue weighted by Gasteiger charge is -2.47. The first-order valence-corrected chi connectivity index (χ1v) is 11.5. The first-order chi connectivity index (χ1) is 13.8. The molecule has 0 saturated heterocycles. The van der Waals surface area contributed by atoms with Crippen LogP contribution in [0, 0.1) is 11.3 Å². The molecule has 1 aliphatic carbocycles. The third-order valence-electron chi connectivity index (χ3n) is 6.96. The molecule has 1 aliphatic heterocycles. The molecule has 166 valence electrons. The summed E-state index contributed by atoms with van der Waals surface area (Å²) in [6.45, 7) is 19.1. The normalized spacial score (nSPS) is 23.0. The number of carbonyl (C=O) groups is 1. The molecule has 1 aromatic rings. The Morgan fingerprint density at radius 3 is 2.47 bits per heavy atom. The van der Waals surface area contributed by atoms with Crippen LogP contribution in [0.25, 0.3) is 0 Å². The lowest BCUT2D eigenvalue weighted by Crippen LogP contribution is -2.45. The fraction of sp³-hybridized carbons (Fsp3) is 0.667. The van der Waals surface area contributed by atoms with Crippen LogP contribution in [-0.2, 0) is 10.2 Å². The fourth-order valence-corrected chi connectivity index (χ4v) is 5.04. The number of esters is 1. The van der Waals surface area contributed by atoms with E-state index >= 15 is 0 Å². The van der Waals surface area contributed by atoms with E-state index in [-0.39, 0.29) is 17.0 Å². The standard InChI is InChI=1S/C27H40O3/c1-10-13-26(6,7)18-15-21(29-24(28)25(3,4)5)23-19-14-17(2)11-12-20(19)27(8,9)30-22(23)16-18/h11,15-16,19-20H,10,12-14H2,1-9H3/t19-,20-/m1/s1. The monoisotopic (exact) mass is 412 g/mol. The maximum Gasteiger partial charge on any atom is 0.316 e. The first-order valence-electron chi connectivity index (χ1n) is 11.5. The van der Waals surface area contributed by atoms with E-state index in [0.717, 1.165) is 37.0 Å². The van der Waals surface area contributed by atoms with Gasteiger partial charge in [-0.1, -0.05) is 38.8 Å². The Bertz CT molecular complexity index is 852. The van der Waals surface area contributed by atoms with Gasteiger partial charge in [0, 0.05) is 17.4 Å². The fourth-order valence-electron chi connectivity index (χ4n) is 5.04. The van der Waals surface area contributed by atoms with Crippen molar-refractivity contribution in [3.8, 4) is 11.5 Å². The number of rotatable bonds is 4. The lowest BCUT2D eigenvalue weighted by molar-refractivity contribution is -0.143. The van der Waals surface area contributed by atoms with Crippen molar-refractivity contribution in [1.82, 2.24) is 0 Å².